The van der Waals surface area contributed by atoms with Crippen LogP contribution in [0, 0.1) is 0 Å². The lowest BCUT2D eigenvalue weighted by molar-refractivity contribution is -0.155. The second kappa shape index (κ2) is 6.35. The molecule has 0 aliphatic carbocycles. The van der Waals surface area contributed by atoms with Crippen LogP contribution in [-0.2, 0) is 6.42 Å². The van der Waals surface area contributed by atoms with E-state index in [4.69, 9.17) is 0 Å². The van der Waals surface area contributed by atoms with E-state index in [0.717, 1.165) is 26.5 Å². The van der Waals surface area contributed by atoms with Gasteiger partial charge >= 0.3 is 6.18 Å². The van der Waals surface area contributed by atoms with Crippen LogP contribution in [0.1, 0.15) is 29.8 Å². The van der Waals surface area contributed by atoms with Crippen LogP contribution in [-0.4, -0.2) is 38.8 Å². The first kappa shape index (κ1) is 17.5. The lowest BCUT2D eigenvalue weighted by Gasteiger charge is -2.42. The Kier molecular flexibility index (Phi) is 4.27. The second-order valence-electron chi connectivity index (χ2n) is 6.61. The first-order valence-electron chi connectivity index (χ1n) is 8.22. The van der Waals surface area contributed by atoms with Gasteiger partial charge in [0.1, 0.15) is 0 Å². The first-order chi connectivity index (χ1) is 12.3. The number of halogens is 4. The number of alkyl halides is 3. The molecule has 2 atom stereocenters. The molecular weight excluding hydrogens is 409 g/mol. The molecule has 136 valence electrons. The number of nitrogens with zero attached hydrogens (tertiary/aromatic N) is 3. The van der Waals surface area contributed by atoms with E-state index >= 15 is 0 Å². The Labute approximate surface area is 156 Å². The zero-order valence-electron chi connectivity index (χ0n) is 13.9. The third-order valence-electron chi connectivity index (χ3n) is 4.86. The van der Waals surface area contributed by atoms with Gasteiger partial charge in [0.15, 0.2) is 0 Å². The highest BCUT2D eigenvalue weighted by atomic mass is 79.9. The Bertz CT molecular complexity index is 936. The third kappa shape index (κ3) is 3.12. The number of fused-ring (bicyclic) bond motifs is 3. The third-order valence-corrected chi connectivity index (χ3v) is 5.33. The van der Waals surface area contributed by atoms with Gasteiger partial charge in [-0.3, -0.25) is 15.0 Å². The van der Waals surface area contributed by atoms with Crippen molar-refractivity contribution >= 4 is 26.8 Å². The average molecular weight is 425 g/mol. The Morgan fingerprint density at radius 1 is 1.23 bits per heavy atom. The molecule has 1 aromatic carbocycles. The van der Waals surface area contributed by atoms with Crippen molar-refractivity contribution in [3.05, 3.63) is 58.0 Å². The van der Waals surface area contributed by atoms with Crippen LogP contribution in [0.25, 0.3) is 10.9 Å². The van der Waals surface area contributed by atoms with E-state index in [0.29, 0.717) is 12.1 Å². The Morgan fingerprint density at radius 3 is 2.73 bits per heavy atom. The van der Waals surface area contributed by atoms with Crippen LogP contribution in [0.5, 0.6) is 0 Å². The van der Waals surface area contributed by atoms with Crippen molar-refractivity contribution in [2.45, 2.75) is 31.6 Å². The Morgan fingerprint density at radius 2 is 2.04 bits per heavy atom. The SMILES string of the molecule is CC1Cc2c(ccc3[nH]ncc23)C(c2ccc(Br)cn2)N1CC(F)(F)F. The Balaban J connectivity index is 1.89. The molecule has 1 aliphatic rings. The molecule has 0 fully saturated rings. The van der Waals surface area contributed by atoms with E-state index in [1.807, 2.05) is 25.1 Å². The summed E-state index contributed by atoms with van der Waals surface area (Å²) in [6, 6.07) is 6.51. The molecule has 4 nitrogen and oxygen atoms in total. The van der Waals surface area contributed by atoms with Crippen LogP contribution in [0.2, 0.25) is 0 Å². The molecule has 2 aromatic heterocycles. The van der Waals surface area contributed by atoms with Crippen LogP contribution in [0.4, 0.5) is 13.2 Å². The fraction of sp³-hybridized carbons (Fsp3) is 0.333. The summed E-state index contributed by atoms with van der Waals surface area (Å²) in [7, 11) is 0. The largest absolute Gasteiger partial charge is 0.401 e. The number of nitrogens with one attached hydrogen (secondary N) is 1. The van der Waals surface area contributed by atoms with Gasteiger partial charge in [0, 0.05) is 22.1 Å². The summed E-state index contributed by atoms with van der Waals surface area (Å²) in [5.74, 6) is 0. The van der Waals surface area contributed by atoms with Gasteiger partial charge in [-0.2, -0.15) is 18.3 Å². The minimum absolute atomic E-state index is 0.278. The number of aromatic amines is 1. The quantitative estimate of drug-likeness (QED) is 0.652. The summed E-state index contributed by atoms with van der Waals surface area (Å²) < 4.78 is 40.6. The lowest BCUT2D eigenvalue weighted by Crippen LogP contribution is -2.47. The molecule has 3 aromatic rings. The molecule has 0 spiro atoms. The van der Waals surface area contributed by atoms with E-state index in [-0.39, 0.29) is 6.04 Å². The summed E-state index contributed by atoms with van der Waals surface area (Å²) in [4.78, 5) is 5.89. The maximum absolute atomic E-state index is 13.3. The zero-order valence-corrected chi connectivity index (χ0v) is 15.5. The highest BCUT2D eigenvalue weighted by Crippen LogP contribution is 2.41. The van der Waals surface area contributed by atoms with Crippen molar-refractivity contribution in [2.24, 2.45) is 0 Å². The molecule has 0 bridgehead atoms. The maximum atomic E-state index is 13.3. The number of pyridine rings is 1. The fourth-order valence-electron chi connectivity index (χ4n) is 3.76. The van der Waals surface area contributed by atoms with Crippen LogP contribution in [0.15, 0.2) is 41.1 Å². The summed E-state index contributed by atoms with van der Waals surface area (Å²) in [6.07, 6.45) is -0.378. The van der Waals surface area contributed by atoms with Gasteiger partial charge < -0.3 is 0 Å². The number of aromatic nitrogens is 3. The van der Waals surface area contributed by atoms with Crippen molar-refractivity contribution < 1.29 is 13.2 Å². The average Bonchev–Trinajstić information content (AvgIpc) is 3.05. The van der Waals surface area contributed by atoms with Gasteiger partial charge in [0.2, 0.25) is 0 Å². The lowest BCUT2D eigenvalue weighted by atomic mass is 9.85. The maximum Gasteiger partial charge on any atom is 0.401 e. The van der Waals surface area contributed by atoms with Crippen molar-refractivity contribution in [3.63, 3.8) is 0 Å². The summed E-state index contributed by atoms with van der Waals surface area (Å²) >= 11 is 3.34. The zero-order chi connectivity index (χ0) is 18.5. The molecule has 4 rings (SSSR count). The first-order valence-corrected chi connectivity index (χ1v) is 9.01. The van der Waals surface area contributed by atoms with Crippen molar-refractivity contribution in [3.8, 4) is 0 Å². The molecule has 26 heavy (non-hydrogen) atoms. The highest BCUT2D eigenvalue weighted by Gasteiger charge is 2.41. The van der Waals surface area contributed by atoms with Crippen LogP contribution < -0.4 is 0 Å². The van der Waals surface area contributed by atoms with Gasteiger partial charge in [0.25, 0.3) is 0 Å². The summed E-state index contributed by atoms with van der Waals surface area (Å²) in [5, 5.41) is 7.97. The van der Waals surface area contributed by atoms with E-state index < -0.39 is 18.8 Å². The molecule has 2 unspecified atom stereocenters. The predicted octanol–water partition coefficient (Wildman–Crippen LogP) is 4.62. The van der Waals surface area contributed by atoms with Gasteiger partial charge in [-0.1, -0.05) is 6.07 Å². The molecule has 8 heteroatoms. The molecular formula is C18H16BrF3N4. The minimum Gasteiger partial charge on any atom is -0.279 e. The molecule has 0 saturated carbocycles. The van der Waals surface area contributed by atoms with Gasteiger partial charge in [-0.15, -0.1) is 0 Å². The molecule has 0 saturated heterocycles. The summed E-state index contributed by atoms with van der Waals surface area (Å²) in [6.45, 7) is 0.860. The number of hydrogen-bond donors (Lipinski definition) is 1. The van der Waals surface area contributed by atoms with E-state index in [9.17, 15) is 13.2 Å². The van der Waals surface area contributed by atoms with Gasteiger partial charge in [0.05, 0.1) is 30.0 Å². The standard InChI is InChI=1S/C18H16BrF3N4/c1-10-6-13-12(3-5-15-14(13)8-24-25-15)17(26(10)9-18(20,21)22)16-4-2-11(19)7-23-16/h2-5,7-8,10,17H,6,9H2,1H3,(H,24,25). The van der Waals surface area contributed by atoms with Gasteiger partial charge in [-0.25, -0.2) is 0 Å². The molecule has 3 heterocycles. The molecule has 0 amide bonds. The topological polar surface area (TPSA) is 44.8 Å². The van der Waals surface area contributed by atoms with E-state index in [2.05, 4.69) is 31.1 Å². The predicted molar refractivity (Wildman–Crippen MR) is 95.8 cm³/mol. The molecule has 1 aliphatic heterocycles. The van der Waals surface area contributed by atoms with E-state index in [1.165, 1.54) is 4.90 Å². The van der Waals surface area contributed by atoms with Crippen molar-refractivity contribution in [1.29, 1.82) is 0 Å². The fourth-order valence-corrected chi connectivity index (χ4v) is 3.99. The minimum atomic E-state index is -4.28. The van der Waals surface area contributed by atoms with Gasteiger partial charge in [-0.05, 0) is 58.6 Å². The van der Waals surface area contributed by atoms with Crippen LogP contribution >= 0.6 is 15.9 Å². The normalized spacial score (nSPS) is 21.1. The molecule has 1 N–H and O–H groups in total. The highest BCUT2D eigenvalue weighted by molar-refractivity contribution is 9.10. The Hall–Kier alpha value is -1.93. The number of hydrogen-bond acceptors (Lipinski definition) is 3. The monoisotopic (exact) mass is 424 g/mol. The van der Waals surface area contributed by atoms with Crippen molar-refractivity contribution in [2.75, 3.05) is 6.54 Å². The van der Waals surface area contributed by atoms with Crippen molar-refractivity contribution in [1.82, 2.24) is 20.1 Å². The van der Waals surface area contributed by atoms with Crippen LogP contribution in [0.3, 0.4) is 0 Å². The molecule has 0 radical (unpaired) electrons. The number of rotatable bonds is 2. The summed E-state index contributed by atoms with van der Waals surface area (Å²) in [5.41, 5.74) is 3.39. The number of H-pyrrole nitrogens is 1. The smallest absolute Gasteiger partial charge is 0.279 e. The van der Waals surface area contributed by atoms with E-state index in [1.54, 1.807) is 18.5 Å². The second-order valence-corrected chi connectivity index (χ2v) is 7.52. The number of benzene rings is 1.